The highest BCUT2D eigenvalue weighted by Crippen LogP contribution is 2.34. The summed E-state index contributed by atoms with van der Waals surface area (Å²) >= 11 is 0. The minimum atomic E-state index is -0.299. The number of aromatic nitrogens is 1. The lowest BCUT2D eigenvalue weighted by atomic mass is 9.93. The van der Waals surface area contributed by atoms with Crippen molar-refractivity contribution < 1.29 is 19.1 Å². The van der Waals surface area contributed by atoms with Gasteiger partial charge in [-0.1, -0.05) is 0 Å². The number of fused-ring (bicyclic) bond motifs is 2. The van der Waals surface area contributed by atoms with Crippen molar-refractivity contribution in [1.29, 1.82) is 0 Å². The molecular formula is C16H14N2O4. The lowest BCUT2D eigenvalue weighted by Gasteiger charge is -2.12. The van der Waals surface area contributed by atoms with E-state index in [1.807, 2.05) is 0 Å². The Bertz CT molecular complexity index is 778. The van der Waals surface area contributed by atoms with Crippen molar-refractivity contribution in [1.82, 2.24) is 4.98 Å². The normalized spacial score (nSPS) is 15.5. The summed E-state index contributed by atoms with van der Waals surface area (Å²) < 4.78 is 10.5. The molecule has 1 aromatic heterocycles. The number of H-pyrrole nitrogens is 1. The van der Waals surface area contributed by atoms with Crippen LogP contribution in [0.1, 0.15) is 39.3 Å². The molecule has 0 radical (unpaired) electrons. The first-order valence-electron chi connectivity index (χ1n) is 7.17. The molecule has 2 aliphatic rings. The van der Waals surface area contributed by atoms with Crippen molar-refractivity contribution in [3.05, 3.63) is 41.2 Å². The second kappa shape index (κ2) is 4.91. The highest BCUT2D eigenvalue weighted by Gasteiger charge is 2.26. The van der Waals surface area contributed by atoms with E-state index in [-0.39, 0.29) is 18.5 Å². The van der Waals surface area contributed by atoms with E-state index in [4.69, 9.17) is 9.47 Å². The van der Waals surface area contributed by atoms with Gasteiger partial charge in [0.25, 0.3) is 5.91 Å². The van der Waals surface area contributed by atoms with Gasteiger partial charge in [-0.3, -0.25) is 9.59 Å². The van der Waals surface area contributed by atoms with Crippen LogP contribution in [0.4, 0.5) is 5.69 Å². The molecule has 4 rings (SSSR count). The first-order chi connectivity index (χ1) is 10.7. The fourth-order valence-electron chi connectivity index (χ4n) is 2.88. The van der Waals surface area contributed by atoms with Crippen molar-refractivity contribution in [2.24, 2.45) is 0 Å². The monoisotopic (exact) mass is 298 g/mol. The van der Waals surface area contributed by atoms with Gasteiger partial charge in [0.05, 0.1) is 11.1 Å². The second-order valence-corrected chi connectivity index (χ2v) is 5.35. The largest absolute Gasteiger partial charge is 0.454 e. The minimum Gasteiger partial charge on any atom is -0.454 e. The third-order valence-electron chi connectivity index (χ3n) is 3.95. The summed E-state index contributed by atoms with van der Waals surface area (Å²) in [5.41, 5.74) is 2.39. The number of aromatic amines is 1. The number of amides is 1. The van der Waals surface area contributed by atoms with Crippen LogP contribution in [0.25, 0.3) is 0 Å². The Kier molecular flexibility index (Phi) is 2.89. The van der Waals surface area contributed by atoms with E-state index >= 15 is 0 Å². The molecule has 2 N–H and O–H groups in total. The van der Waals surface area contributed by atoms with Crippen LogP contribution in [0, 0.1) is 0 Å². The van der Waals surface area contributed by atoms with Crippen molar-refractivity contribution in [2.75, 3.05) is 12.1 Å². The number of nitrogens with one attached hydrogen (secondary N) is 2. The molecule has 0 bridgehead atoms. The first kappa shape index (κ1) is 12.9. The van der Waals surface area contributed by atoms with Crippen molar-refractivity contribution >= 4 is 17.4 Å². The van der Waals surface area contributed by atoms with E-state index in [1.54, 1.807) is 24.4 Å². The van der Waals surface area contributed by atoms with Crippen LogP contribution in [-0.4, -0.2) is 23.5 Å². The lowest BCUT2D eigenvalue weighted by Crippen LogP contribution is -2.17. The molecule has 0 spiro atoms. The number of aryl methyl sites for hydroxylation is 1. The molecular weight excluding hydrogens is 284 g/mol. The molecule has 0 saturated carbocycles. The molecule has 0 unspecified atom stereocenters. The summed E-state index contributed by atoms with van der Waals surface area (Å²) in [6, 6.07) is 5.20. The molecule has 1 aliphatic carbocycles. The number of ketones is 1. The summed E-state index contributed by atoms with van der Waals surface area (Å²) in [7, 11) is 0. The molecule has 22 heavy (non-hydrogen) atoms. The molecule has 1 aromatic carbocycles. The number of benzene rings is 1. The highest BCUT2D eigenvalue weighted by molar-refractivity contribution is 6.13. The maximum absolute atomic E-state index is 12.4. The summed E-state index contributed by atoms with van der Waals surface area (Å²) in [5.74, 6) is 0.988. The minimum absolute atomic E-state index is 0.0262. The summed E-state index contributed by atoms with van der Waals surface area (Å²) in [4.78, 5) is 27.5. The molecule has 2 heterocycles. The number of carbonyl (C=O) groups is 2. The van der Waals surface area contributed by atoms with Crippen LogP contribution in [0.5, 0.6) is 11.5 Å². The fourth-order valence-corrected chi connectivity index (χ4v) is 2.88. The Labute approximate surface area is 126 Å². The predicted octanol–water partition coefficient (Wildman–Crippen LogP) is 2.51. The summed E-state index contributed by atoms with van der Waals surface area (Å²) in [6.45, 7) is 0.187. The smallest absolute Gasteiger partial charge is 0.257 e. The zero-order valence-electron chi connectivity index (χ0n) is 11.8. The molecule has 0 fully saturated rings. The Morgan fingerprint density at radius 2 is 2.05 bits per heavy atom. The first-order valence-corrected chi connectivity index (χ1v) is 7.17. The van der Waals surface area contributed by atoms with Gasteiger partial charge in [-0.2, -0.15) is 0 Å². The zero-order chi connectivity index (χ0) is 15.1. The van der Waals surface area contributed by atoms with Crippen LogP contribution < -0.4 is 14.8 Å². The highest BCUT2D eigenvalue weighted by atomic mass is 16.7. The molecule has 1 aliphatic heterocycles. The van der Waals surface area contributed by atoms with Crippen molar-refractivity contribution in [3.63, 3.8) is 0 Å². The molecule has 0 saturated heterocycles. The van der Waals surface area contributed by atoms with Crippen LogP contribution in [-0.2, 0) is 6.42 Å². The summed E-state index contributed by atoms with van der Waals surface area (Å²) in [5, 5.41) is 2.80. The molecule has 1 amide bonds. The number of rotatable bonds is 2. The third kappa shape index (κ3) is 2.04. The summed E-state index contributed by atoms with van der Waals surface area (Å²) in [6.07, 6.45) is 3.74. The Morgan fingerprint density at radius 1 is 1.18 bits per heavy atom. The topological polar surface area (TPSA) is 80.4 Å². The lowest BCUT2D eigenvalue weighted by molar-refractivity contribution is 0.0956. The van der Waals surface area contributed by atoms with Gasteiger partial charge in [0.15, 0.2) is 17.3 Å². The molecule has 2 aromatic rings. The zero-order valence-corrected chi connectivity index (χ0v) is 11.8. The average Bonchev–Trinajstić information content (AvgIpc) is 3.13. The van der Waals surface area contributed by atoms with Crippen LogP contribution in [0.2, 0.25) is 0 Å². The Morgan fingerprint density at radius 3 is 2.95 bits per heavy atom. The number of anilines is 1. The quantitative estimate of drug-likeness (QED) is 0.892. The number of carbonyl (C=O) groups excluding carboxylic acids is 2. The molecule has 112 valence electrons. The van der Waals surface area contributed by atoms with E-state index in [0.29, 0.717) is 34.7 Å². The Hall–Kier alpha value is -2.76. The van der Waals surface area contributed by atoms with Crippen molar-refractivity contribution in [2.45, 2.75) is 19.3 Å². The van der Waals surface area contributed by atoms with E-state index in [9.17, 15) is 9.59 Å². The van der Waals surface area contributed by atoms with E-state index in [0.717, 1.165) is 18.5 Å². The SMILES string of the molecule is O=C(Nc1ccc2c(c1)OCO2)c1c[nH]c2c1C(=O)CCC2. The van der Waals surface area contributed by atoms with Gasteiger partial charge >= 0.3 is 0 Å². The standard InChI is InChI=1S/C16H14N2O4/c19-12-3-1-2-11-15(12)10(7-17-11)16(20)18-9-4-5-13-14(6-9)22-8-21-13/h4-7,17H,1-3,8H2,(H,18,20). The van der Waals surface area contributed by atoms with E-state index < -0.39 is 0 Å². The molecule has 0 atom stereocenters. The second-order valence-electron chi connectivity index (χ2n) is 5.35. The van der Waals surface area contributed by atoms with Crippen molar-refractivity contribution in [3.8, 4) is 11.5 Å². The number of Topliss-reactive ketones (excluding diaryl/α,β-unsaturated/α-hetero) is 1. The van der Waals surface area contributed by atoms with Gasteiger partial charge in [0.1, 0.15) is 0 Å². The average molecular weight is 298 g/mol. The van der Waals surface area contributed by atoms with Crippen LogP contribution >= 0.6 is 0 Å². The van der Waals surface area contributed by atoms with Gasteiger partial charge in [-0.15, -0.1) is 0 Å². The fraction of sp³-hybridized carbons (Fsp3) is 0.250. The van der Waals surface area contributed by atoms with Gasteiger partial charge in [0, 0.05) is 30.1 Å². The van der Waals surface area contributed by atoms with E-state index in [1.165, 1.54) is 0 Å². The van der Waals surface area contributed by atoms with E-state index in [2.05, 4.69) is 10.3 Å². The van der Waals surface area contributed by atoms with Gasteiger partial charge in [-0.05, 0) is 25.0 Å². The number of hydrogen-bond donors (Lipinski definition) is 2. The van der Waals surface area contributed by atoms with Crippen LogP contribution in [0.3, 0.4) is 0 Å². The van der Waals surface area contributed by atoms with Crippen LogP contribution in [0.15, 0.2) is 24.4 Å². The maximum Gasteiger partial charge on any atom is 0.257 e. The number of ether oxygens (including phenoxy) is 2. The van der Waals surface area contributed by atoms with Gasteiger partial charge in [-0.25, -0.2) is 0 Å². The molecule has 6 nitrogen and oxygen atoms in total. The third-order valence-corrected chi connectivity index (χ3v) is 3.95. The maximum atomic E-state index is 12.4. The molecule has 6 heteroatoms. The number of hydrogen-bond acceptors (Lipinski definition) is 4. The van der Waals surface area contributed by atoms with Gasteiger partial charge in [0.2, 0.25) is 6.79 Å². The Balaban J connectivity index is 1.60. The predicted molar refractivity (Wildman–Crippen MR) is 78.6 cm³/mol. The van der Waals surface area contributed by atoms with Gasteiger partial charge < -0.3 is 19.8 Å².